The first-order valence-electron chi connectivity index (χ1n) is 8.88. The van der Waals surface area contributed by atoms with Crippen LogP contribution < -0.4 is 4.90 Å². The number of carbonyl (C=O) groups is 2. The van der Waals surface area contributed by atoms with E-state index in [0.717, 1.165) is 29.5 Å². The van der Waals surface area contributed by atoms with Crippen molar-refractivity contribution < 1.29 is 9.59 Å². The first-order valence-corrected chi connectivity index (χ1v) is 9.67. The number of benzene rings is 2. The summed E-state index contributed by atoms with van der Waals surface area (Å²) in [5.74, 6) is -0.549. The molecule has 0 radical (unpaired) electrons. The van der Waals surface area contributed by atoms with E-state index in [1.54, 1.807) is 0 Å². The van der Waals surface area contributed by atoms with Gasteiger partial charge >= 0.3 is 0 Å². The van der Waals surface area contributed by atoms with Gasteiger partial charge in [-0.3, -0.25) is 9.59 Å². The van der Waals surface area contributed by atoms with Crippen molar-refractivity contribution in [1.29, 1.82) is 0 Å². The van der Waals surface area contributed by atoms with E-state index in [-0.39, 0.29) is 29.8 Å². The Balaban J connectivity index is 1.58. The van der Waals surface area contributed by atoms with Crippen molar-refractivity contribution in [3.05, 3.63) is 64.6 Å². The number of rotatable bonds is 2. The number of carbonyl (C=O) groups excluding carboxylic acids is 2. The van der Waals surface area contributed by atoms with Crippen molar-refractivity contribution in [2.24, 2.45) is 5.92 Å². The highest BCUT2D eigenvalue weighted by molar-refractivity contribution is 9.10. The second-order valence-electron chi connectivity index (χ2n) is 6.99. The zero-order valence-corrected chi connectivity index (χ0v) is 15.7. The lowest BCUT2D eigenvalue weighted by Crippen LogP contribution is -2.44. The Morgan fingerprint density at radius 2 is 1.46 bits per heavy atom. The number of amides is 2. The molecular formula is C20H18BrN3O2. The van der Waals surface area contributed by atoms with Crippen molar-refractivity contribution in [2.45, 2.75) is 18.5 Å². The second-order valence-corrected chi connectivity index (χ2v) is 7.91. The summed E-state index contributed by atoms with van der Waals surface area (Å²) in [4.78, 5) is 27.9. The fourth-order valence-corrected chi connectivity index (χ4v) is 4.87. The van der Waals surface area contributed by atoms with Crippen LogP contribution in [0.4, 0.5) is 5.69 Å². The molecule has 0 aliphatic carbocycles. The Labute approximate surface area is 160 Å². The van der Waals surface area contributed by atoms with E-state index < -0.39 is 0 Å². The summed E-state index contributed by atoms with van der Waals surface area (Å²) in [6.45, 7) is 1.73. The van der Waals surface area contributed by atoms with Gasteiger partial charge in [-0.05, 0) is 36.2 Å². The molecule has 2 aromatic carbocycles. The van der Waals surface area contributed by atoms with Crippen molar-refractivity contribution >= 4 is 33.4 Å². The van der Waals surface area contributed by atoms with Crippen molar-refractivity contribution in [3.63, 3.8) is 0 Å². The van der Waals surface area contributed by atoms with Crippen LogP contribution in [0.1, 0.15) is 18.0 Å². The van der Waals surface area contributed by atoms with Gasteiger partial charge in [0.25, 0.3) is 5.91 Å². The van der Waals surface area contributed by atoms with E-state index in [4.69, 9.17) is 0 Å². The Bertz CT molecular complexity index is 870. The number of hydrogen-bond donors (Lipinski definition) is 0. The minimum atomic E-state index is -0.390. The summed E-state index contributed by atoms with van der Waals surface area (Å²) in [7, 11) is 0. The van der Waals surface area contributed by atoms with Gasteiger partial charge in [0.15, 0.2) is 0 Å². The third-order valence-electron chi connectivity index (χ3n) is 5.63. The van der Waals surface area contributed by atoms with Gasteiger partial charge in [-0.1, -0.05) is 46.3 Å². The third kappa shape index (κ3) is 2.22. The topological polar surface area (TPSA) is 43.9 Å². The molecular weight excluding hydrogens is 394 g/mol. The van der Waals surface area contributed by atoms with Gasteiger partial charge in [0.05, 0.1) is 17.6 Å². The lowest BCUT2D eigenvalue weighted by atomic mass is 9.90. The predicted octanol–water partition coefficient (Wildman–Crippen LogP) is 2.98. The van der Waals surface area contributed by atoms with Gasteiger partial charge in [-0.25, -0.2) is 14.9 Å². The Kier molecular flexibility index (Phi) is 3.74. The summed E-state index contributed by atoms with van der Waals surface area (Å²) in [6, 6.07) is 17.0. The number of nitrogens with zero attached hydrogens (tertiary/aromatic N) is 3. The van der Waals surface area contributed by atoms with Crippen LogP contribution >= 0.6 is 15.9 Å². The number of imide groups is 1. The molecule has 0 bridgehead atoms. The molecule has 0 unspecified atom stereocenters. The molecule has 0 aromatic heterocycles. The maximum atomic E-state index is 13.3. The molecule has 132 valence electrons. The second kappa shape index (κ2) is 6.01. The normalized spacial score (nSPS) is 28.7. The van der Waals surface area contributed by atoms with Crippen LogP contribution in [0.2, 0.25) is 0 Å². The van der Waals surface area contributed by atoms with Gasteiger partial charge in [0.2, 0.25) is 5.91 Å². The minimum Gasteiger partial charge on any atom is -0.274 e. The molecule has 5 rings (SSSR count). The standard InChI is InChI=1S/C20H18BrN3O2/c21-14-7-9-15(10-8-14)24-19(25)16-17(13-5-2-1-3-6-13)22-11-4-12-23(22)18(16)20(24)26/h1-3,5-10,16-18H,4,11-12H2/t16-,17-,18+/m1/s1. The Morgan fingerprint density at radius 1 is 0.808 bits per heavy atom. The maximum absolute atomic E-state index is 13.3. The molecule has 3 aliphatic heterocycles. The Hall–Kier alpha value is -2.02. The van der Waals surface area contributed by atoms with E-state index in [2.05, 4.69) is 38.1 Å². The maximum Gasteiger partial charge on any atom is 0.253 e. The number of hydrazine groups is 1. The molecule has 0 N–H and O–H groups in total. The van der Waals surface area contributed by atoms with Crippen molar-refractivity contribution in [2.75, 3.05) is 18.0 Å². The van der Waals surface area contributed by atoms with Gasteiger partial charge in [-0.2, -0.15) is 0 Å². The Morgan fingerprint density at radius 3 is 2.15 bits per heavy atom. The average Bonchev–Trinajstić information content (AvgIpc) is 3.29. The smallest absolute Gasteiger partial charge is 0.253 e. The number of anilines is 1. The molecule has 3 fully saturated rings. The zero-order chi connectivity index (χ0) is 17.8. The summed E-state index contributed by atoms with van der Waals surface area (Å²) in [5, 5.41) is 4.36. The van der Waals surface area contributed by atoms with Crippen LogP contribution in [0.25, 0.3) is 0 Å². The molecule has 3 saturated heterocycles. The van der Waals surface area contributed by atoms with Crippen LogP contribution in [0, 0.1) is 5.92 Å². The lowest BCUT2D eigenvalue weighted by Gasteiger charge is -2.29. The summed E-state index contributed by atoms with van der Waals surface area (Å²) < 4.78 is 0.924. The van der Waals surface area contributed by atoms with Gasteiger partial charge < -0.3 is 0 Å². The summed E-state index contributed by atoms with van der Waals surface area (Å²) >= 11 is 3.41. The van der Waals surface area contributed by atoms with Crippen molar-refractivity contribution in [3.8, 4) is 0 Å². The van der Waals surface area contributed by atoms with E-state index in [1.165, 1.54) is 4.90 Å². The molecule has 0 saturated carbocycles. The van der Waals surface area contributed by atoms with Crippen LogP contribution in [-0.2, 0) is 9.59 Å². The average molecular weight is 412 g/mol. The molecule has 2 aromatic rings. The van der Waals surface area contributed by atoms with Crippen LogP contribution in [0.3, 0.4) is 0 Å². The van der Waals surface area contributed by atoms with Crippen LogP contribution in [0.5, 0.6) is 0 Å². The quantitative estimate of drug-likeness (QED) is 0.712. The molecule has 3 atom stereocenters. The molecule has 3 aliphatic rings. The SMILES string of the molecule is O=C1[C@H]2[C@@H](C(=O)N1c1ccc(Br)cc1)N1CCCN1[C@@H]2c1ccccc1. The highest BCUT2D eigenvalue weighted by atomic mass is 79.9. The molecule has 5 nitrogen and oxygen atoms in total. The molecule has 6 heteroatoms. The van der Waals surface area contributed by atoms with Gasteiger partial charge in [-0.15, -0.1) is 0 Å². The molecule has 3 heterocycles. The highest BCUT2D eigenvalue weighted by Gasteiger charge is 2.62. The largest absolute Gasteiger partial charge is 0.274 e. The number of fused-ring (bicyclic) bond motifs is 3. The van der Waals surface area contributed by atoms with E-state index in [9.17, 15) is 9.59 Å². The third-order valence-corrected chi connectivity index (χ3v) is 6.16. The first-order chi connectivity index (χ1) is 12.7. The lowest BCUT2D eigenvalue weighted by molar-refractivity contribution is -0.126. The number of halogens is 1. The van der Waals surface area contributed by atoms with Crippen molar-refractivity contribution in [1.82, 2.24) is 10.0 Å². The monoisotopic (exact) mass is 411 g/mol. The van der Waals surface area contributed by atoms with Crippen LogP contribution in [-0.4, -0.2) is 41.0 Å². The first kappa shape index (κ1) is 16.2. The summed E-state index contributed by atoms with van der Waals surface area (Å²) in [6.07, 6.45) is 1.02. The molecule has 26 heavy (non-hydrogen) atoms. The summed E-state index contributed by atoms with van der Waals surface area (Å²) in [5.41, 5.74) is 1.75. The van der Waals surface area contributed by atoms with Gasteiger partial charge in [0, 0.05) is 17.6 Å². The van der Waals surface area contributed by atoms with E-state index >= 15 is 0 Å². The van der Waals surface area contributed by atoms with Crippen LogP contribution in [0.15, 0.2) is 59.1 Å². The molecule has 2 amide bonds. The zero-order valence-electron chi connectivity index (χ0n) is 14.1. The fraction of sp³-hybridized carbons (Fsp3) is 0.300. The number of hydrogen-bond acceptors (Lipinski definition) is 4. The van der Waals surface area contributed by atoms with E-state index in [1.807, 2.05) is 42.5 Å². The fourth-order valence-electron chi connectivity index (χ4n) is 4.61. The minimum absolute atomic E-state index is 0.0689. The molecule has 0 spiro atoms. The predicted molar refractivity (Wildman–Crippen MR) is 101 cm³/mol. The highest BCUT2D eigenvalue weighted by Crippen LogP contribution is 2.48. The van der Waals surface area contributed by atoms with E-state index in [0.29, 0.717) is 5.69 Å². The van der Waals surface area contributed by atoms with Gasteiger partial charge in [0.1, 0.15) is 6.04 Å².